The second-order valence-corrected chi connectivity index (χ2v) is 7.48. The van der Waals surface area contributed by atoms with E-state index >= 15 is 0 Å². The van der Waals surface area contributed by atoms with Crippen molar-refractivity contribution in [3.63, 3.8) is 0 Å². The molecule has 3 aromatic carbocycles. The molecule has 0 saturated carbocycles. The number of carbonyl (C=O) groups excluding carboxylic acids is 2. The minimum absolute atomic E-state index is 0.0223. The van der Waals surface area contributed by atoms with Crippen LogP contribution in [0.5, 0.6) is 0 Å². The first kappa shape index (κ1) is 19.8. The van der Waals surface area contributed by atoms with Crippen LogP contribution in [0.1, 0.15) is 27.0 Å². The van der Waals surface area contributed by atoms with Gasteiger partial charge in [-0.2, -0.15) is 0 Å². The van der Waals surface area contributed by atoms with Crippen LogP contribution >= 0.6 is 11.6 Å². The number of quaternary nitrogens is 1. The highest BCUT2D eigenvalue weighted by Gasteiger charge is 2.38. The highest BCUT2D eigenvalue weighted by Crippen LogP contribution is 2.26. The summed E-state index contributed by atoms with van der Waals surface area (Å²) in [5.41, 5.74) is 3.98. The predicted molar refractivity (Wildman–Crippen MR) is 115 cm³/mol. The van der Waals surface area contributed by atoms with Crippen molar-refractivity contribution in [2.75, 3.05) is 0 Å². The van der Waals surface area contributed by atoms with Crippen molar-refractivity contribution in [3.05, 3.63) is 112 Å². The normalized spacial score (nSPS) is 17.3. The van der Waals surface area contributed by atoms with Gasteiger partial charge in [0.1, 0.15) is 0 Å². The highest BCUT2D eigenvalue weighted by atomic mass is 35.5. The van der Waals surface area contributed by atoms with Gasteiger partial charge in [-0.05, 0) is 42.3 Å². The standard InChI is InChI=1S/C25H18ClNO3/c1-16-11-12-18(14-21(16)26)23-15-19(13-17-7-3-2-4-8-17)24(28)27(23)22-10-6-5-9-20(22)25(29)30/h2-15H,1H3,(H,29,30)/b19-13+. The van der Waals surface area contributed by atoms with E-state index in [0.717, 1.165) is 16.7 Å². The summed E-state index contributed by atoms with van der Waals surface area (Å²) in [6.07, 6.45) is 3.59. The van der Waals surface area contributed by atoms with Gasteiger partial charge in [-0.1, -0.05) is 60.1 Å². The van der Waals surface area contributed by atoms with E-state index in [9.17, 15) is 14.7 Å². The van der Waals surface area contributed by atoms with Crippen LogP contribution in [-0.2, 0) is 4.79 Å². The van der Waals surface area contributed by atoms with E-state index in [4.69, 9.17) is 11.6 Å². The van der Waals surface area contributed by atoms with Gasteiger partial charge in [0.2, 0.25) is 0 Å². The summed E-state index contributed by atoms with van der Waals surface area (Å²) in [5.74, 6) is -1.56. The van der Waals surface area contributed by atoms with Crippen molar-refractivity contribution in [3.8, 4) is 0 Å². The lowest BCUT2D eigenvalue weighted by Gasteiger charge is -2.18. The molecule has 3 aromatic rings. The first-order chi connectivity index (χ1) is 14.5. The molecule has 1 amide bonds. The lowest BCUT2D eigenvalue weighted by molar-refractivity contribution is -0.658. The maximum absolute atomic E-state index is 13.4. The fourth-order valence-electron chi connectivity index (χ4n) is 3.53. The van der Waals surface area contributed by atoms with Crippen LogP contribution in [0.25, 0.3) is 11.8 Å². The van der Waals surface area contributed by atoms with Crippen molar-refractivity contribution >= 4 is 40.9 Å². The second-order valence-electron chi connectivity index (χ2n) is 7.07. The monoisotopic (exact) mass is 415 g/mol. The molecular weight excluding hydrogens is 398 g/mol. The molecule has 1 aliphatic rings. The van der Waals surface area contributed by atoms with Crippen LogP contribution in [0.2, 0.25) is 5.02 Å². The number of carboxylic acids is 1. The molecule has 1 heterocycles. The molecule has 0 saturated heterocycles. The zero-order valence-electron chi connectivity index (χ0n) is 16.2. The number of nitrogens with one attached hydrogen (secondary N) is 1. The van der Waals surface area contributed by atoms with E-state index in [2.05, 4.69) is 0 Å². The van der Waals surface area contributed by atoms with Gasteiger partial charge in [0.25, 0.3) is 0 Å². The number of benzene rings is 3. The SMILES string of the molecule is Cc1ccc(C2=C/C(=C\c3ccccc3)C(=O)[NH+]2c2ccccc2C(=O)[O-])cc1Cl. The molecule has 0 fully saturated rings. The average Bonchev–Trinajstić information content (AvgIpc) is 3.06. The molecule has 0 spiro atoms. The quantitative estimate of drug-likeness (QED) is 0.666. The summed E-state index contributed by atoms with van der Waals surface area (Å²) < 4.78 is 0. The number of hydrogen-bond donors (Lipinski definition) is 1. The predicted octanol–water partition coefficient (Wildman–Crippen LogP) is 3.19. The van der Waals surface area contributed by atoms with Crippen molar-refractivity contribution in [1.82, 2.24) is 0 Å². The summed E-state index contributed by atoms with van der Waals surface area (Å²) in [7, 11) is 0. The van der Waals surface area contributed by atoms with Crippen LogP contribution in [-0.4, -0.2) is 11.9 Å². The Morgan fingerprint density at radius 2 is 1.70 bits per heavy atom. The van der Waals surface area contributed by atoms with E-state index in [0.29, 0.717) is 26.9 Å². The van der Waals surface area contributed by atoms with Crippen molar-refractivity contribution < 1.29 is 19.6 Å². The van der Waals surface area contributed by atoms with Gasteiger partial charge < -0.3 is 9.90 Å². The Bertz CT molecular complexity index is 1210. The number of para-hydroxylation sites is 1. The fourth-order valence-corrected chi connectivity index (χ4v) is 3.71. The first-order valence-corrected chi connectivity index (χ1v) is 9.81. The molecule has 1 atom stereocenters. The number of carbonyl (C=O) groups is 2. The van der Waals surface area contributed by atoms with E-state index in [1.165, 1.54) is 6.07 Å². The van der Waals surface area contributed by atoms with Gasteiger partial charge >= 0.3 is 5.91 Å². The Kier molecular flexibility index (Phi) is 5.36. The fraction of sp³-hybridized carbons (Fsp3) is 0.0400. The van der Waals surface area contributed by atoms with Crippen LogP contribution in [0, 0.1) is 6.92 Å². The Morgan fingerprint density at radius 3 is 2.40 bits per heavy atom. The summed E-state index contributed by atoms with van der Waals surface area (Å²) in [5, 5.41) is 12.3. The number of aromatic carboxylic acids is 1. The second kappa shape index (κ2) is 8.11. The number of amides is 1. The van der Waals surface area contributed by atoms with Gasteiger partial charge in [-0.25, -0.2) is 9.69 Å². The Labute approximate surface area is 179 Å². The summed E-state index contributed by atoms with van der Waals surface area (Å²) in [6.45, 7) is 1.90. The number of hydrogen-bond acceptors (Lipinski definition) is 3. The number of rotatable bonds is 4. The number of carboxylic acid groups (broad SMARTS) is 1. The minimum atomic E-state index is -1.33. The van der Waals surface area contributed by atoms with E-state index in [1.807, 2.05) is 49.4 Å². The van der Waals surface area contributed by atoms with Gasteiger partial charge in [0, 0.05) is 22.7 Å². The van der Waals surface area contributed by atoms with Crippen LogP contribution in [0.4, 0.5) is 5.69 Å². The molecule has 4 rings (SSSR count). The molecule has 0 aliphatic carbocycles. The van der Waals surface area contributed by atoms with Gasteiger partial charge in [0.05, 0.1) is 17.1 Å². The highest BCUT2D eigenvalue weighted by molar-refractivity contribution is 6.31. The van der Waals surface area contributed by atoms with Crippen LogP contribution < -0.4 is 10.0 Å². The molecule has 4 nitrogen and oxygen atoms in total. The smallest absolute Gasteiger partial charge is 0.354 e. The van der Waals surface area contributed by atoms with Crippen molar-refractivity contribution in [2.24, 2.45) is 0 Å². The first-order valence-electron chi connectivity index (χ1n) is 9.43. The molecule has 0 radical (unpaired) electrons. The largest absolute Gasteiger partial charge is 0.545 e. The lowest BCUT2D eigenvalue weighted by atomic mass is 10.1. The minimum Gasteiger partial charge on any atom is -0.545 e. The number of halogens is 1. The zero-order chi connectivity index (χ0) is 21.3. The third-order valence-electron chi connectivity index (χ3n) is 5.08. The topological polar surface area (TPSA) is 61.6 Å². The Balaban J connectivity index is 1.90. The Morgan fingerprint density at radius 1 is 1.00 bits per heavy atom. The maximum Gasteiger partial charge on any atom is 0.354 e. The van der Waals surface area contributed by atoms with Crippen LogP contribution in [0.3, 0.4) is 0 Å². The molecule has 1 N–H and O–H groups in total. The van der Waals surface area contributed by atoms with Crippen molar-refractivity contribution in [2.45, 2.75) is 6.92 Å². The van der Waals surface area contributed by atoms with E-state index < -0.39 is 5.97 Å². The van der Waals surface area contributed by atoms with Crippen molar-refractivity contribution in [1.29, 1.82) is 0 Å². The lowest BCUT2D eigenvalue weighted by Crippen LogP contribution is -3.06. The van der Waals surface area contributed by atoms with Gasteiger partial charge in [-0.3, -0.25) is 0 Å². The van der Waals surface area contributed by atoms with Gasteiger partial charge in [-0.15, -0.1) is 0 Å². The zero-order valence-corrected chi connectivity index (χ0v) is 16.9. The molecule has 1 unspecified atom stereocenters. The molecule has 148 valence electrons. The third kappa shape index (κ3) is 3.71. The number of aryl methyl sites for hydroxylation is 1. The molecule has 5 heteroatoms. The van der Waals surface area contributed by atoms with E-state index in [-0.39, 0.29) is 11.5 Å². The van der Waals surface area contributed by atoms with Crippen LogP contribution in [0.15, 0.2) is 84.4 Å². The molecule has 30 heavy (non-hydrogen) atoms. The maximum atomic E-state index is 13.4. The summed E-state index contributed by atoms with van der Waals surface area (Å²) >= 11 is 6.33. The summed E-state index contributed by atoms with van der Waals surface area (Å²) in [6, 6.07) is 21.5. The average molecular weight is 416 g/mol. The summed E-state index contributed by atoms with van der Waals surface area (Å²) in [4.78, 5) is 25.5. The third-order valence-corrected chi connectivity index (χ3v) is 5.49. The Hall–Kier alpha value is -3.47. The van der Waals surface area contributed by atoms with E-state index in [1.54, 1.807) is 36.4 Å². The van der Waals surface area contributed by atoms with Gasteiger partial charge in [0.15, 0.2) is 11.4 Å². The molecule has 0 bridgehead atoms. The molecule has 1 aliphatic heterocycles. The molecule has 0 aromatic heterocycles. The molecular formula is C25H18ClNO3.